The molecule has 6 heteroatoms. The molecule has 2 heterocycles. The van der Waals surface area contributed by atoms with E-state index in [0.717, 1.165) is 0 Å². The van der Waals surface area contributed by atoms with Gasteiger partial charge in [-0.15, -0.1) is 0 Å². The lowest BCUT2D eigenvalue weighted by atomic mass is 9.81. The fraction of sp³-hybridized carbons (Fsp3) is 0.500. The lowest BCUT2D eigenvalue weighted by Gasteiger charge is -2.30. The molecule has 2 aromatic rings. The van der Waals surface area contributed by atoms with E-state index in [1.165, 1.54) is 0 Å². The van der Waals surface area contributed by atoms with Crippen LogP contribution in [0.25, 0.3) is 11.3 Å². The molecule has 126 valence electrons. The monoisotopic (exact) mass is 330 g/mol. The number of halogens is 2. The van der Waals surface area contributed by atoms with Crippen molar-refractivity contribution in [3.63, 3.8) is 0 Å². The maximum atomic E-state index is 14.0. The molecular formula is C18H20F2N4. The van der Waals surface area contributed by atoms with E-state index in [4.69, 9.17) is 0 Å². The van der Waals surface area contributed by atoms with Gasteiger partial charge in [-0.3, -0.25) is 9.67 Å². The molecule has 3 rings (SSSR count). The number of hydrogen-bond acceptors (Lipinski definition) is 3. The van der Waals surface area contributed by atoms with Crippen molar-refractivity contribution < 1.29 is 8.78 Å². The van der Waals surface area contributed by atoms with Gasteiger partial charge in [0, 0.05) is 42.8 Å². The van der Waals surface area contributed by atoms with Gasteiger partial charge in [0.25, 0.3) is 5.92 Å². The van der Waals surface area contributed by atoms with E-state index in [9.17, 15) is 14.0 Å². The number of nitrogens with zero attached hydrogens (tertiary/aromatic N) is 4. The summed E-state index contributed by atoms with van der Waals surface area (Å²) < 4.78 is 29.7. The molecule has 0 bridgehead atoms. The highest BCUT2D eigenvalue weighted by atomic mass is 19.3. The standard InChI is InChI=1S/C18H20F2N4/c1-17(2,3)16-12(10-21)15(14-6-8-22-24(14)4)11-9-18(19,20)7-5-13(11)23-16/h6,8H,5,7,9H2,1-4H3. The van der Waals surface area contributed by atoms with Crippen molar-refractivity contribution in [2.75, 3.05) is 0 Å². The summed E-state index contributed by atoms with van der Waals surface area (Å²) in [5, 5.41) is 13.9. The van der Waals surface area contributed by atoms with Gasteiger partial charge in [0.15, 0.2) is 0 Å². The zero-order valence-corrected chi connectivity index (χ0v) is 14.3. The van der Waals surface area contributed by atoms with Crippen LogP contribution in [0.15, 0.2) is 12.3 Å². The third-order valence-electron chi connectivity index (χ3n) is 4.45. The Labute approximate surface area is 140 Å². The van der Waals surface area contributed by atoms with Crippen molar-refractivity contribution in [1.82, 2.24) is 14.8 Å². The Morgan fingerprint density at radius 1 is 1.33 bits per heavy atom. The lowest BCUT2D eigenvalue weighted by Crippen LogP contribution is -2.29. The molecule has 4 nitrogen and oxygen atoms in total. The molecule has 2 aromatic heterocycles. The first-order chi connectivity index (χ1) is 11.1. The Morgan fingerprint density at radius 2 is 2.04 bits per heavy atom. The normalized spacial score (nSPS) is 16.5. The molecule has 0 spiro atoms. The van der Waals surface area contributed by atoms with E-state index in [-0.39, 0.29) is 24.7 Å². The summed E-state index contributed by atoms with van der Waals surface area (Å²) in [6.45, 7) is 5.94. The van der Waals surface area contributed by atoms with E-state index < -0.39 is 5.92 Å². The number of rotatable bonds is 1. The fourth-order valence-electron chi connectivity index (χ4n) is 3.27. The minimum atomic E-state index is -2.77. The first kappa shape index (κ1) is 16.6. The Kier molecular flexibility index (Phi) is 3.71. The highest BCUT2D eigenvalue weighted by Gasteiger charge is 2.39. The molecule has 0 amide bonds. The smallest absolute Gasteiger partial charge is 0.252 e. The van der Waals surface area contributed by atoms with Crippen LogP contribution in [0.4, 0.5) is 8.78 Å². The number of aromatic nitrogens is 3. The first-order valence-electron chi connectivity index (χ1n) is 7.96. The van der Waals surface area contributed by atoms with E-state index in [1.54, 1.807) is 24.0 Å². The summed E-state index contributed by atoms with van der Waals surface area (Å²) in [6, 6.07) is 3.97. The number of pyridine rings is 1. The number of nitriles is 1. The second kappa shape index (κ2) is 5.37. The number of aryl methyl sites for hydroxylation is 2. The molecular weight excluding hydrogens is 310 g/mol. The summed E-state index contributed by atoms with van der Waals surface area (Å²) >= 11 is 0. The van der Waals surface area contributed by atoms with Crippen LogP contribution in [0.3, 0.4) is 0 Å². The molecule has 0 saturated heterocycles. The van der Waals surface area contributed by atoms with Crippen molar-refractivity contribution in [2.24, 2.45) is 7.05 Å². The SMILES string of the molecule is Cn1nccc1-c1c(C#N)c(C(C)(C)C)nc2c1CC(F)(F)CC2. The van der Waals surface area contributed by atoms with E-state index in [0.29, 0.717) is 33.8 Å². The first-order valence-corrected chi connectivity index (χ1v) is 7.96. The van der Waals surface area contributed by atoms with Crippen LogP contribution in [-0.4, -0.2) is 20.7 Å². The molecule has 0 unspecified atom stereocenters. The highest BCUT2D eigenvalue weighted by Crippen LogP contribution is 2.41. The Hall–Kier alpha value is -2.29. The van der Waals surface area contributed by atoms with Crippen LogP contribution in [0.1, 0.15) is 49.7 Å². The second-order valence-corrected chi connectivity index (χ2v) is 7.37. The molecule has 0 N–H and O–H groups in total. The predicted molar refractivity (Wildman–Crippen MR) is 86.8 cm³/mol. The van der Waals surface area contributed by atoms with Crippen molar-refractivity contribution in [2.45, 2.75) is 51.4 Å². The lowest BCUT2D eigenvalue weighted by molar-refractivity contribution is -0.0127. The molecule has 0 aromatic carbocycles. The van der Waals surface area contributed by atoms with Crippen LogP contribution in [0, 0.1) is 11.3 Å². The maximum absolute atomic E-state index is 14.0. The van der Waals surface area contributed by atoms with E-state index in [2.05, 4.69) is 16.2 Å². The molecule has 1 aliphatic rings. The fourth-order valence-corrected chi connectivity index (χ4v) is 3.27. The topological polar surface area (TPSA) is 54.5 Å². The van der Waals surface area contributed by atoms with Crippen LogP contribution < -0.4 is 0 Å². The van der Waals surface area contributed by atoms with Gasteiger partial charge in [-0.2, -0.15) is 10.4 Å². The zero-order chi connectivity index (χ0) is 17.7. The zero-order valence-electron chi connectivity index (χ0n) is 14.3. The van der Waals surface area contributed by atoms with Crippen molar-refractivity contribution >= 4 is 0 Å². The molecule has 1 aliphatic carbocycles. The summed E-state index contributed by atoms with van der Waals surface area (Å²) in [5.41, 5.74) is 3.08. The van der Waals surface area contributed by atoms with Crippen LogP contribution >= 0.6 is 0 Å². The Morgan fingerprint density at radius 3 is 2.58 bits per heavy atom. The second-order valence-electron chi connectivity index (χ2n) is 7.37. The van der Waals surface area contributed by atoms with E-state index >= 15 is 0 Å². The average Bonchev–Trinajstić information content (AvgIpc) is 2.89. The molecule has 0 radical (unpaired) electrons. The quantitative estimate of drug-likeness (QED) is 0.799. The molecule has 0 fully saturated rings. The molecule has 0 atom stereocenters. The van der Waals surface area contributed by atoms with Gasteiger partial charge < -0.3 is 0 Å². The van der Waals surface area contributed by atoms with Gasteiger partial charge in [-0.1, -0.05) is 20.8 Å². The minimum absolute atomic E-state index is 0.201. The van der Waals surface area contributed by atoms with Crippen molar-refractivity contribution in [1.29, 1.82) is 5.26 Å². The molecule has 0 aliphatic heterocycles. The van der Waals surface area contributed by atoms with Crippen LogP contribution in [0.2, 0.25) is 0 Å². The van der Waals surface area contributed by atoms with Gasteiger partial charge in [-0.05, 0) is 18.1 Å². The number of fused-ring (bicyclic) bond motifs is 1. The average molecular weight is 330 g/mol. The Balaban J connectivity index is 2.40. The van der Waals surface area contributed by atoms with Gasteiger partial charge in [0.1, 0.15) is 6.07 Å². The van der Waals surface area contributed by atoms with Gasteiger partial charge in [0.05, 0.1) is 17.0 Å². The van der Waals surface area contributed by atoms with Crippen molar-refractivity contribution in [3.05, 3.63) is 34.8 Å². The molecule has 24 heavy (non-hydrogen) atoms. The highest BCUT2D eigenvalue weighted by molar-refractivity contribution is 5.74. The van der Waals surface area contributed by atoms with E-state index in [1.807, 2.05) is 20.8 Å². The third kappa shape index (κ3) is 2.68. The summed E-state index contributed by atoms with van der Waals surface area (Å²) in [4.78, 5) is 4.64. The van der Waals surface area contributed by atoms with Crippen LogP contribution in [0.5, 0.6) is 0 Å². The summed E-state index contributed by atoms with van der Waals surface area (Å²) in [6.07, 6.45) is 1.26. The number of alkyl halides is 2. The van der Waals surface area contributed by atoms with Gasteiger partial charge in [-0.25, -0.2) is 8.78 Å². The minimum Gasteiger partial charge on any atom is -0.268 e. The predicted octanol–water partition coefficient (Wildman–Crippen LogP) is 3.78. The Bertz CT molecular complexity index is 838. The summed E-state index contributed by atoms with van der Waals surface area (Å²) in [5.74, 6) is -2.77. The van der Waals surface area contributed by atoms with Crippen LogP contribution in [-0.2, 0) is 25.3 Å². The van der Waals surface area contributed by atoms with Gasteiger partial charge in [0.2, 0.25) is 0 Å². The summed E-state index contributed by atoms with van der Waals surface area (Å²) in [7, 11) is 1.75. The maximum Gasteiger partial charge on any atom is 0.252 e. The number of hydrogen-bond donors (Lipinski definition) is 0. The molecule has 0 saturated carbocycles. The largest absolute Gasteiger partial charge is 0.268 e. The van der Waals surface area contributed by atoms with Crippen molar-refractivity contribution in [3.8, 4) is 17.3 Å². The third-order valence-corrected chi connectivity index (χ3v) is 4.45. The van der Waals surface area contributed by atoms with Gasteiger partial charge >= 0.3 is 0 Å².